The van der Waals surface area contributed by atoms with Crippen LogP contribution in [0.25, 0.3) is 33.9 Å². The van der Waals surface area contributed by atoms with Crippen LogP contribution >= 0.6 is 0 Å². The third-order valence-corrected chi connectivity index (χ3v) is 28.3. The van der Waals surface area contributed by atoms with Gasteiger partial charge >= 0.3 is 18.6 Å². The predicted octanol–water partition coefficient (Wildman–Crippen LogP) is 18.9. The number of nitrogens with zero attached hydrogens (tertiary/aromatic N) is 10. The van der Waals surface area contributed by atoms with Crippen molar-refractivity contribution in [1.29, 1.82) is 0 Å². The maximum Gasteiger partial charge on any atom is 0.321 e. The lowest BCUT2D eigenvalue weighted by Gasteiger charge is -2.36. The fraction of sp³-hybridized carbons (Fsp3) is 0.578. The molecule has 4 heterocycles. The average Bonchev–Trinajstić information content (AvgIpc) is 1.58. The van der Waals surface area contributed by atoms with E-state index in [9.17, 15) is 0 Å². The Balaban J connectivity index is 0.000000169. The van der Waals surface area contributed by atoms with Gasteiger partial charge in [-0.25, -0.2) is 0 Å². The van der Waals surface area contributed by atoms with Crippen molar-refractivity contribution in [3.8, 4) is 33.9 Å². The summed E-state index contributed by atoms with van der Waals surface area (Å²) in [5.41, 5.74) is 19.0. The molecule has 4 N–H and O–H groups in total. The summed E-state index contributed by atoms with van der Waals surface area (Å²) in [6, 6.07) is 36.4. The first kappa shape index (κ1) is 86.8. The van der Waals surface area contributed by atoms with Gasteiger partial charge in [0.15, 0.2) is 6.33 Å². The average molecular weight is 1510 g/mol. The number of aryl methyl sites for hydroxylation is 6. The molecule has 5 fully saturated rings. The summed E-state index contributed by atoms with van der Waals surface area (Å²) >= 11 is 0. The molecule has 108 heavy (non-hydrogen) atoms. The third kappa shape index (κ3) is 23.4. The van der Waals surface area contributed by atoms with E-state index in [0.29, 0.717) is 23.8 Å². The normalized spacial score (nSPS) is 25.5. The van der Waals surface area contributed by atoms with E-state index < -0.39 is 18.6 Å². The minimum absolute atomic E-state index is 0. The number of allylic oxidation sites excluding steroid dienone is 2. The monoisotopic (exact) mass is 1500 g/mol. The molecule has 3 aromatic heterocycles. The fourth-order valence-corrected chi connectivity index (χ4v) is 22.3. The molecule has 16 atom stereocenters. The van der Waals surface area contributed by atoms with Crippen LogP contribution in [-0.2, 0) is 43.4 Å². The van der Waals surface area contributed by atoms with Gasteiger partial charge in [0.2, 0.25) is 5.82 Å². The van der Waals surface area contributed by atoms with Gasteiger partial charge in [0.1, 0.15) is 0 Å². The third-order valence-electron chi connectivity index (χ3n) is 24.0. The summed E-state index contributed by atoms with van der Waals surface area (Å²) in [7, 11) is 0.732. The summed E-state index contributed by atoms with van der Waals surface area (Å²) < 4.78 is 23.0. The molecule has 5 saturated carbocycles. The summed E-state index contributed by atoms with van der Waals surface area (Å²) in [5.74, 6) is 12.5. The highest BCUT2D eigenvalue weighted by Crippen LogP contribution is 2.59. The van der Waals surface area contributed by atoms with E-state index in [1.54, 1.807) is 7.11 Å². The van der Waals surface area contributed by atoms with Crippen molar-refractivity contribution in [2.45, 2.75) is 237 Å². The molecular formula is C90H132N10O6Si2. The van der Waals surface area contributed by atoms with Crippen molar-refractivity contribution in [2.24, 2.45) is 93.1 Å². The minimum atomic E-state index is -1.51. The van der Waals surface area contributed by atoms with E-state index in [2.05, 4.69) is 232 Å². The van der Waals surface area contributed by atoms with Crippen LogP contribution in [0.3, 0.4) is 0 Å². The quantitative estimate of drug-likeness (QED) is 0.0577. The Morgan fingerprint density at radius 2 is 0.889 bits per heavy atom. The Bertz CT molecular complexity index is 3760. The molecule has 7 aromatic rings. The molecule has 18 heteroatoms. The Morgan fingerprint density at radius 3 is 1.30 bits per heavy atom. The second-order valence-electron chi connectivity index (χ2n) is 32.5. The molecule has 0 spiro atoms. The van der Waals surface area contributed by atoms with Gasteiger partial charge in [-0.15, -0.1) is 20.4 Å². The van der Waals surface area contributed by atoms with Gasteiger partial charge in [-0.1, -0.05) is 199 Å². The first-order valence-electron chi connectivity index (χ1n) is 41.1. The van der Waals surface area contributed by atoms with Gasteiger partial charge in [-0.05, 0) is 256 Å². The van der Waals surface area contributed by atoms with Crippen LogP contribution < -0.4 is 0 Å². The Labute approximate surface area is 652 Å². The summed E-state index contributed by atoms with van der Waals surface area (Å²) in [6.07, 6.45) is 36.2. The topological polar surface area (TPSA) is 228 Å². The van der Waals surface area contributed by atoms with E-state index >= 15 is 0 Å². The molecule has 0 amide bonds. The number of aromatic nitrogens is 8. The zero-order valence-electron chi connectivity index (χ0n) is 68.3. The molecule has 16 nitrogen and oxygen atoms in total. The number of fused-ring (bicyclic) bond motifs is 11. The molecule has 16 rings (SSSR count). The molecule has 8 aliphatic carbocycles. The number of rotatable bonds is 18. The van der Waals surface area contributed by atoms with Crippen LogP contribution in [0, 0.1) is 111 Å². The van der Waals surface area contributed by atoms with Crippen molar-refractivity contribution in [3.05, 3.63) is 178 Å². The van der Waals surface area contributed by atoms with Gasteiger partial charge in [0.25, 0.3) is 0 Å². The molecule has 0 saturated heterocycles. The Hall–Kier alpha value is -6.75. The van der Waals surface area contributed by atoms with Crippen LogP contribution in [0.1, 0.15) is 209 Å². The van der Waals surface area contributed by atoms with Gasteiger partial charge in [-0.3, -0.25) is 0 Å². The number of benzene rings is 4. The highest BCUT2D eigenvalue weighted by molar-refractivity contribution is 6.44. The molecule has 586 valence electrons. The molecule has 0 radical (unpaired) electrons. The molecule has 4 bridgehead atoms. The molecular weight excluding hydrogens is 1370 g/mol. The summed E-state index contributed by atoms with van der Waals surface area (Å²) in [4.78, 5) is 0. The van der Waals surface area contributed by atoms with E-state index in [1.807, 2.05) is 50.7 Å². The van der Waals surface area contributed by atoms with E-state index in [4.69, 9.17) is 17.7 Å². The largest absolute Gasteiger partial charge is 0.412 e. The second-order valence-corrected chi connectivity index (χ2v) is 36.9. The van der Waals surface area contributed by atoms with E-state index in [1.165, 1.54) is 195 Å². The smallest absolute Gasteiger partial charge is 0.321 e. The molecule has 4 aromatic carbocycles. The zero-order chi connectivity index (χ0) is 75.2. The molecule has 9 aliphatic rings. The van der Waals surface area contributed by atoms with Crippen molar-refractivity contribution in [2.75, 3.05) is 14.2 Å². The van der Waals surface area contributed by atoms with Crippen molar-refractivity contribution >= 4 is 30.5 Å². The standard InChI is InChI=1S/C22H32N2O2Si.2C20H24N2.C13H24O2Si.C9H8N4.2C3H8.2H2O/c1-14(2)26-27(25-4)10-9-17-11-18-12-19(17)20-13-23-24-22(21(18)20)16-7-5-15(3)6-8-16;2*1-3-16-18-9-8-15-12-21-22-20(17(15)10-11-19(16)18)14-6-4-13(2)5-7-14;1-10(2)15-16(14-3)7-6-13-9-11-4-5-12(13)8-11;1-7-2-4-8(5-3-7)9-12-10-6-11-13-9;2*1-3-2;;/h5-8,13-14,17-21,27H,9-12H2,1-4H3;2*4-7,12,16,18-19H,3,8-11H2,1-2H3;4-5,10-13,16H,6-9H2,1-3H3;2-6H,1H3;2*3H2,1-2H3;2*1H2/t;2*16?,18-,19+;;;;;;/m.11....../s1. The van der Waals surface area contributed by atoms with Crippen LogP contribution in [-0.4, -0.2) is 109 Å². The van der Waals surface area contributed by atoms with Gasteiger partial charge < -0.3 is 28.7 Å². The maximum atomic E-state index is 6.00. The van der Waals surface area contributed by atoms with Crippen molar-refractivity contribution < 1.29 is 28.7 Å². The lowest BCUT2D eigenvalue weighted by Crippen LogP contribution is -2.37. The summed E-state index contributed by atoms with van der Waals surface area (Å²) in [6.45, 7) is 30.0. The Morgan fingerprint density at radius 1 is 0.463 bits per heavy atom. The first-order valence-corrected chi connectivity index (χ1v) is 44.6. The molecule has 12 unspecified atom stereocenters. The van der Waals surface area contributed by atoms with E-state index in [-0.39, 0.29) is 17.1 Å². The van der Waals surface area contributed by atoms with Crippen LogP contribution in [0.2, 0.25) is 12.1 Å². The fourth-order valence-electron chi connectivity index (χ4n) is 18.7. The highest BCUT2D eigenvalue weighted by atomic mass is 28.3. The van der Waals surface area contributed by atoms with Crippen LogP contribution in [0.5, 0.6) is 0 Å². The van der Waals surface area contributed by atoms with Crippen LogP contribution in [0.4, 0.5) is 0 Å². The minimum Gasteiger partial charge on any atom is -0.412 e. The molecule has 1 aliphatic heterocycles. The number of hydrogen-bond donors (Lipinski definition) is 0. The first-order chi connectivity index (χ1) is 51.5. The van der Waals surface area contributed by atoms with Gasteiger partial charge in [0.05, 0.1) is 29.5 Å². The van der Waals surface area contributed by atoms with Gasteiger partial charge in [0, 0.05) is 61.2 Å². The van der Waals surface area contributed by atoms with Gasteiger partial charge in [-0.2, -0.15) is 30.6 Å². The van der Waals surface area contributed by atoms with Crippen molar-refractivity contribution in [1.82, 2.24) is 40.8 Å². The summed E-state index contributed by atoms with van der Waals surface area (Å²) in [5, 5.41) is 41.6. The zero-order valence-corrected chi connectivity index (χ0v) is 70.7. The van der Waals surface area contributed by atoms with Crippen LogP contribution in [0.15, 0.2) is 138 Å². The van der Waals surface area contributed by atoms with Crippen molar-refractivity contribution in [3.63, 3.8) is 0 Å². The lowest BCUT2D eigenvalue weighted by atomic mass is 9.70. The Kier molecular flexibility index (Phi) is 34.7. The maximum absolute atomic E-state index is 6.00. The SMILES string of the molecule is CCC.CCC.CCC1[C@H]2CCc3cnnc(-c4ccc(C)cc4)c3CC[C@@H]12.CCC1[C@H]2CCc3cnnc(-c4ccc(C)cc4)c3CC[C@@H]12.CO[SiH](CCC1CC2C=CC1C2)OC(C)C.CO[SiH](CCC1CC2CC1C1C=NN=C(c3ccc(C)cc3)C21)OC(C)C.Cc1ccc(-c2nncnn2)cc1.O.O. The lowest BCUT2D eigenvalue weighted by molar-refractivity contribution is 0.173. The number of hydrogen-bond acceptors (Lipinski definition) is 14. The highest BCUT2D eigenvalue weighted by Gasteiger charge is 2.55. The van der Waals surface area contributed by atoms with E-state index in [0.717, 1.165) is 94.0 Å². The predicted molar refractivity (Wildman–Crippen MR) is 448 cm³/mol. The second kappa shape index (κ2) is 43.2.